The number of nitrogens with one attached hydrogen (secondary N) is 1. The summed E-state index contributed by atoms with van der Waals surface area (Å²) in [6.07, 6.45) is 7.71. The van der Waals surface area contributed by atoms with Crippen LogP contribution in [0.3, 0.4) is 0 Å². The quantitative estimate of drug-likeness (QED) is 0.922. The van der Waals surface area contributed by atoms with Gasteiger partial charge in [0.25, 0.3) is 5.56 Å². The zero-order chi connectivity index (χ0) is 17.2. The molecule has 0 saturated carbocycles. The first-order valence-electron chi connectivity index (χ1n) is 9.16. The van der Waals surface area contributed by atoms with Crippen LogP contribution in [0.1, 0.15) is 37.8 Å². The van der Waals surface area contributed by atoms with Crippen LogP contribution in [0.2, 0.25) is 0 Å². The maximum atomic E-state index is 12.1. The van der Waals surface area contributed by atoms with E-state index in [4.69, 9.17) is 4.98 Å². The van der Waals surface area contributed by atoms with Crippen LogP contribution >= 0.6 is 0 Å². The van der Waals surface area contributed by atoms with Gasteiger partial charge in [-0.1, -0.05) is 0 Å². The summed E-state index contributed by atoms with van der Waals surface area (Å²) in [6, 6.07) is 1.54. The number of anilines is 2. The molecule has 7 heteroatoms. The molecular formula is C18H24N6O. The average molecular weight is 340 g/mol. The van der Waals surface area contributed by atoms with Crippen LogP contribution in [-0.4, -0.2) is 46.1 Å². The summed E-state index contributed by atoms with van der Waals surface area (Å²) in [7, 11) is 0. The van der Waals surface area contributed by atoms with Gasteiger partial charge in [-0.25, -0.2) is 15.0 Å². The minimum Gasteiger partial charge on any atom is -0.342 e. The van der Waals surface area contributed by atoms with Gasteiger partial charge < -0.3 is 9.80 Å². The van der Waals surface area contributed by atoms with Crippen LogP contribution in [0.15, 0.2) is 17.1 Å². The molecule has 2 saturated heterocycles. The van der Waals surface area contributed by atoms with Crippen molar-refractivity contribution in [2.45, 2.75) is 39.0 Å². The molecule has 7 nitrogen and oxygen atoms in total. The van der Waals surface area contributed by atoms with E-state index in [1.807, 2.05) is 6.92 Å². The molecule has 0 radical (unpaired) electrons. The molecule has 0 aromatic carbocycles. The topological polar surface area (TPSA) is 78.0 Å². The first-order chi connectivity index (χ1) is 12.2. The van der Waals surface area contributed by atoms with Crippen LogP contribution in [0, 0.1) is 6.92 Å². The van der Waals surface area contributed by atoms with E-state index in [1.54, 1.807) is 6.20 Å². The van der Waals surface area contributed by atoms with E-state index in [-0.39, 0.29) is 5.56 Å². The lowest BCUT2D eigenvalue weighted by molar-refractivity contribution is 0.568. The van der Waals surface area contributed by atoms with Crippen molar-refractivity contribution in [3.8, 4) is 11.3 Å². The Morgan fingerprint density at radius 2 is 1.64 bits per heavy atom. The fourth-order valence-electron chi connectivity index (χ4n) is 3.61. The summed E-state index contributed by atoms with van der Waals surface area (Å²) in [6.45, 7) is 5.87. The van der Waals surface area contributed by atoms with Crippen molar-refractivity contribution in [2.24, 2.45) is 0 Å². The monoisotopic (exact) mass is 340 g/mol. The van der Waals surface area contributed by atoms with Crippen LogP contribution in [0.5, 0.6) is 0 Å². The number of aromatic nitrogens is 4. The van der Waals surface area contributed by atoms with E-state index in [2.05, 4.69) is 24.8 Å². The largest absolute Gasteiger partial charge is 0.342 e. The number of piperidine rings is 1. The number of aryl methyl sites for hydroxylation is 1. The molecule has 0 bridgehead atoms. The Morgan fingerprint density at radius 1 is 0.960 bits per heavy atom. The van der Waals surface area contributed by atoms with E-state index in [0.29, 0.717) is 11.6 Å². The number of rotatable bonds is 3. The highest BCUT2D eigenvalue weighted by atomic mass is 16.1. The maximum Gasteiger partial charge on any atom is 0.252 e. The second-order valence-electron chi connectivity index (χ2n) is 6.87. The van der Waals surface area contributed by atoms with Crippen molar-refractivity contribution in [3.63, 3.8) is 0 Å². The van der Waals surface area contributed by atoms with Gasteiger partial charge in [0.2, 0.25) is 11.9 Å². The Bertz CT molecular complexity index is 805. The summed E-state index contributed by atoms with van der Waals surface area (Å²) in [5.74, 6) is 1.44. The summed E-state index contributed by atoms with van der Waals surface area (Å²) < 4.78 is 0. The predicted molar refractivity (Wildman–Crippen MR) is 98.1 cm³/mol. The number of hydrogen-bond acceptors (Lipinski definition) is 6. The van der Waals surface area contributed by atoms with E-state index >= 15 is 0 Å². The molecule has 4 heterocycles. The minimum atomic E-state index is -0.131. The SMILES string of the molecule is Cc1nc(N2CCCC2)ncc1-c1cc(=O)[nH]c(N2CCCCC2)n1. The standard InChI is InChI=1S/C18H24N6O/c1-13-14(12-19-17(20-13)23-9-5-6-10-23)15-11-16(25)22-18(21-15)24-7-3-2-4-8-24/h11-12H,2-10H2,1H3,(H,21,22,25). The first kappa shape index (κ1) is 16.1. The van der Waals surface area contributed by atoms with Crippen LogP contribution in [-0.2, 0) is 0 Å². The van der Waals surface area contributed by atoms with E-state index in [1.165, 1.54) is 25.3 Å². The molecule has 132 valence electrons. The Morgan fingerprint density at radius 3 is 2.36 bits per heavy atom. The average Bonchev–Trinajstić information content (AvgIpc) is 3.16. The van der Waals surface area contributed by atoms with Gasteiger partial charge in [0.15, 0.2) is 0 Å². The van der Waals surface area contributed by atoms with Gasteiger partial charge in [-0.2, -0.15) is 0 Å². The van der Waals surface area contributed by atoms with Crippen LogP contribution in [0.25, 0.3) is 11.3 Å². The van der Waals surface area contributed by atoms with Crippen LogP contribution in [0.4, 0.5) is 11.9 Å². The Kier molecular flexibility index (Phi) is 4.38. The second-order valence-corrected chi connectivity index (χ2v) is 6.87. The van der Waals surface area contributed by atoms with Crippen LogP contribution < -0.4 is 15.4 Å². The highest BCUT2D eigenvalue weighted by molar-refractivity contribution is 5.62. The Balaban J connectivity index is 1.66. The predicted octanol–water partition coefficient (Wildman–Crippen LogP) is 2.13. The van der Waals surface area contributed by atoms with Gasteiger partial charge in [-0.3, -0.25) is 9.78 Å². The highest BCUT2D eigenvalue weighted by Gasteiger charge is 2.18. The molecule has 2 aromatic heterocycles. The van der Waals surface area contributed by atoms with Gasteiger partial charge in [0, 0.05) is 44.0 Å². The number of aromatic amines is 1. The van der Waals surface area contributed by atoms with E-state index in [9.17, 15) is 4.79 Å². The van der Waals surface area contributed by atoms with E-state index < -0.39 is 0 Å². The molecule has 0 amide bonds. The van der Waals surface area contributed by atoms with Gasteiger partial charge in [-0.15, -0.1) is 0 Å². The normalized spacial score (nSPS) is 18.0. The van der Waals surface area contributed by atoms with Crippen molar-refractivity contribution in [3.05, 3.63) is 28.3 Å². The van der Waals surface area contributed by atoms with Crippen molar-refractivity contribution in [2.75, 3.05) is 36.0 Å². The summed E-state index contributed by atoms with van der Waals surface area (Å²) in [5.41, 5.74) is 2.20. The second kappa shape index (κ2) is 6.82. The van der Waals surface area contributed by atoms with Crippen molar-refractivity contribution in [1.82, 2.24) is 19.9 Å². The molecule has 0 aliphatic carbocycles. The Labute approximate surface area is 147 Å². The maximum absolute atomic E-state index is 12.1. The summed E-state index contributed by atoms with van der Waals surface area (Å²) in [5, 5.41) is 0. The molecule has 0 unspecified atom stereocenters. The van der Waals surface area contributed by atoms with Crippen molar-refractivity contribution < 1.29 is 0 Å². The lowest BCUT2D eigenvalue weighted by atomic mass is 10.1. The number of nitrogens with zero attached hydrogens (tertiary/aromatic N) is 5. The summed E-state index contributed by atoms with van der Waals surface area (Å²) in [4.78, 5) is 33.2. The van der Waals surface area contributed by atoms with Gasteiger partial charge in [0.05, 0.1) is 11.4 Å². The molecule has 4 rings (SSSR count). The third kappa shape index (κ3) is 3.36. The minimum absolute atomic E-state index is 0.131. The molecule has 2 aromatic rings. The smallest absolute Gasteiger partial charge is 0.252 e. The lowest BCUT2D eigenvalue weighted by Crippen LogP contribution is -2.32. The highest BCUT2D eigenvalue weighted by Crippen LogP contribution is 2.24. The van der Waals surface area contributed by atoms with Crippen molar-refractivity contribution in [1.29, 1.82) is 0 Å². The van der Waals surface area contributed by atoms with Gasteiger partial charge >= 0.3 is 0 Å². The molecular weight excluding hydrogens is 316 g/mol. The number of hydrogen-bond donors (Lipinski definition) is 1. The summed E-state index contributed by atoms with van der Waals surface area (Å²) >= 11 is 0. The molecule has 2 fully saturated rings. The molecule has 1 N–H and O–H groups in total. The van der Waals surface area contributed by atoms with Gasteiger partial charge in [0.1, 0.15) is 0 Å². The molecule has 2 aliphatic rings. The van der Waals surface area contributed by atoms with Crippen molar-refractivity contribution >= 4 is 11.9 Å². The first-order valence-corrected chi connectivity index (χ1v) is 9.16. The third-order valence-corrected chi connectivity index (χ3v) is 5.02. The van der Waals surface area contributed by atoms with Gasteiger partial charge in [-0.05, 0) is 39.0 Å². The fourth-order valence-corrected chi connectivity index (χ4v) is 3.61. The third-order valence-electron chi connectivity index (χ3n) is 5.02. The molecule has 2 aliphatic heterocycles. The zero-order valence-corrected chi connectivity index (χ0v) is 14.7. The molecule has 25 heavy (non-hydrogen) atoms. The Hall–Kier alpha value is -2.44. The number of H-pyrrole nitrogens is 1. The lowest BCUT2D eigenvalue weighted by Gasteiger charge is -2.27. The fraction of sp³-hybridized carbons (Fsp3) is 0.556. The molecule has 0 atom stereocenters. The van der Waals surface area contributed by atoms with E-state index in [0.717, 1.165) is 56.2 Å². The zero-order valence-electron chi connectivity index (χ0n) is 14.7. The molecule has 0 spiro atoms.